The second-order valence-electron chi connectivity index (χ2n) is 6.02. The molecule has 0 aliphatic carbocycles. The van der Waals surface area contributed by atoms with Crippen LogP contribution in [0.15, 0.2) is 48.7 Å². The smallest absolute Gasteiger partial charge is 0.132 e. The predicted octanol–water partition coefficient (Wildman–Crippen LogP) is 3.74. The topological polar surface area (TPSA) is 28.2 Å². The van der Waals surface area contributed by atoms with Crippen LogP contribution in [0.5, 0.6) is 0 Å². The highest BCUT2D eigenvalue weighted by atomic mass is 15.2. The maximum atomic E-state index is 4.54. The lowest BCUT2D eigenvalue weighted by atomic mass is 10.1. The molecule has 1 N–H and O–H groups in total. The summed E-state index contributed by atoms with van der Waals surface area (Å²) < 4.78 is 0. The molecule has 1 aromatic heterocycles. The summed E-state index contributed by atoms with van der Waals surface area (Å²) in [6.07, 6.45) is 1.94. The summed E-state index contributed by atoms with van der Waals surface area (Å²) in [5.74, 6) is 0.954. The van der Waals surface area contributed by atoms with Crippen LogP contribution in [-0.2, 0) is 6.54 Å². The van der Waals surface area contributed by atoms with Gasteiger partial charge in [0.2, 0.25) is 0 Å². The van der Waals surface area contributed by atoms with E-state index in [1.54, 1.807) is 0 Å². The molecule has 0 amide bonds. The molecule has 0 unspecified atom stereocenters. The molecule has 2 rings (SSSR count). The van der Waals surface area contributed by atoms with Crippen LogP contribution in [0.1, 0.15) is 26.3 Å². The molecule has 0 bridgehead atoms. The first-order valence-corrected chi connectivity index (χ1v) is 6.94. The van der Waals surface area contributed by atoms with Crippen LogP contribution in [-0.4, -0.2) is 17.6 Å². The van der Waals surface area contributed by atoms with Crippen molar-refractivity contribution >= 4 is 11.5 Å². The molecule has 3 heteroatoms. The molecule has 20 heavy (non-hydrogen) atoms. The van der Waals surface area contributed by atoms with E-state index >= 15 is 0 Å². The Morgan fingerprint density at radius 3 is 2.30 bits per heavy atom. The van der Waals surface area contributed by atoms with Crippen molar-refractivity contribution in [2.24, 2.45) is 0 Å². The van der Waals surface area contributed by atoms with E-state index in [1.165, 1.54) is 5.56 Å². The van der Waals surface area contributed by atoms with Crippen molar-refractivity contribution in [2.75, 3.05) is 11.9 Å². The van der Waals surface area contributed by atoms with Gasteiger partial charge in [-0.05, 0) is 44.5 Å². The number of rotatable bonds is 4. The number of benzene rings is 1. The molecule has 0 fully saturated rings. The quantitative estimate of drug-likeness (QED) is 0.916. The molecule has 2 aromatic rings. The summed E-state index contributed by atoms with van der Waals surface area (Å²) in [4.78, 5) is 6.63. The van der Waals surface area contributed by atoms with Crippen molar-refractivity contribution in [3.8, 4) is 0 Å². The fourth-order valence-electron chi connectivity index (χ4n) is 1.87. The zero-order valence-electron chi connectivity index (χ0n) is 12.7. The Morgan fingerprint density at radius 2 is 1.75 bits per heavy atom. The van der Waals surface area contributed by atoms with Crippen LogP contribution in [0, 0.1) is 0 Å². The van der Waals surface area contributed by atoms with Crippen LogP contribution < -0.4 is 10.2 Å². The van der Waals surface area contributed by atoms with E-state index in [2.05, 4.69) is 60.2 Å². The molecular weight excluding hydrogens is 246 g/mol. The Labute approximate surface area is 121 Å². The molecule has 0 saturated carbocycles. The van der Waals surface area contributed by atoms with Crippen LogP contribution in [0.4, 0.5) is 11.5 Å². The summed E-state index contributed by atoms with van der Waals surface area (Å²) in [6.45, 7) is 7.33. The molecule has 0 aliphatic heterocycles. The van der Waals surface area contributed by atoms with Gasteiger partial charge in [-0.1, -0.05) is 24.3 Å². The van der Waals surface area contributed by atoms with E-state index in [0.717, 1.165) is 18.1 Å². The summed E-state index contributed by atoms with van der Waals surface area (Å²) in [5.41, 5.74) is 2.46. The summed E-state index contributed by atoms with van der Waals surface area (Å²) in [6, 6.07) is 14.4. The molecule has 106 valence electrons. The highest BCUT2D eigenvalue weighted by Crippen LogP contribution is 2.20. The summed E-state index contributed by atoms with van der Waals surface area (Å²) in [5, 5.41) is 3.46. The number of hydrogen-bond acceptors (Lipinski definition) is 3. The number of anilines is 2. The minimum absolute atomic E-state index is 0.125. The van der Waals surface area contributed by atoms with Gasteiger partial charge in [0.25, 0.3) is 0 Å². The van der Waals surface area contributed by atoms with Gasteiger partial charge >= 0.3 is 0 Å². The fraction of sp³-hybridized carbons (Fsp3) is 0.353. The first-order chi connectivity index (χ1) is 9.46. The van der Waals surface area contributed by atoms with Crippen LogP contribution in [0.25, 0.3) is 0 Å². The minimum Gasteiger partial charge on any atom is -0.329 e. The zero-order valence-corrected chi connectivity index (χ0v) is 12.7. The lowest BCUT2D eigenvalue weighted by Crippen LogP contribution is -2.35. The molecule has 1 aromatic carbocycles. The molecule has 0 radical (unpaired) electrons. The second-order valence-corrected chi connectivity index (χ2v) is 6.02. The van der Waals surface area contributed by atoms with E-state index in [4.69, 9.17) is 0 Å². The molecule has 3 nitrogen and oxygen atoms in total. The molecule has 0 spiro atoms. The third kappa shape index (κ3) is 4.07. The Bertz CT molecular complexity index is 526. The van der Waals surface area contributed by atoms with Crippen LogP contribution in [0.3, 0.4) is 0 Å². The number of hydrogen-bond donors (Lipinski definition) is 1. The largest absolute Gasteiger partial charge is 0.329 e. The van der Waals surface area contributed by atoms with E-state index in [0.29, 0.717) is 0 Å². The molecule has 0 aliphatic rings. The van der Waals surface area contributed by atoms with Gasteiger partial charge in [-0.2, -0.15) is 0 Å². The van der Waals surface area contributed by atoms with Crippen molar-refractivity contribution < 1.29 is 0 Å². The number of nitrogens with zero attached hydrogens (tertiary/aromatic N) is 2. The first kappa shape index (κ1) is 14.5. The summed E-state index contributed by atoms with van der Waals surface area (Å²) in [7, 11) is 2.03. The predicted molar refractivity (Wildman–Crippen MR) is 85.3 cm³/mol. The normalized spacial score (nSPS) is 11.4. The zero-order chi connectivity index (χ0) is 14.6. The van der Waals surface area contributed by atoms with Gasteiger partial charge in [0.15, 0.2) is 0 Å². The van der Waals surface area contributed by atoms with Crippen molar-refractivity contribution in [3.05, 3.63) is 54.2 Å². The average Bonchev–Trinajstić information content (AvgIpc) is 2.45. The van der Waals surface area contributed by atoms with E-state index < -0.39 is 0 Å². The minimum atomic E-state index is 0.125. The standard InChI is InChI=1S/C17H23N3/c1-17(2,3)19-13-14-10-11-16(18-12-14)20(4)15-8-6-5-7-9-15/h5-12,19H,13H2,1-4H3. The number of aromatic nitrogens is 1. The van der Waals surface area contributed by atoms with Crippen LogP contribution in [0.2, 0.25) is 0 Å². The first-order valence-electron chi connectivity index (χ1n) is 6.94. The third-order valence-electron chi connectivity index (χ3n) is 3.12. The van der Waals surface area contributed by atoms with E-state index in [1.807, 2.05) is 31.4 Å². The summed E-state index contributed by atoms with van der Waals surface area (Å²) >= 11 is 0. The Kier molecular flexibility index (Phi) is 4.40. The highest BCUT2D eigenvalue weighted by Gasteiger charge is 2.09. The Balaban J connectivity index is 2.05. The van der Waals surface area contributed by atoms with Gasteiger partial charge in [-0.15, -0.1) is 0 Å². The molecule has 0 atom stereocenters. The van der Waals surface area contributed by atoms with Gasteiger partial charge in [-0.25, -0.2) is 4.98 Å². The van der Waals surface area contributed by atoms with Crippen molar-refractivity contribution in [2.45, 2.75) is 32.9 Å². The highest BCUT2D eigenvalue weighted by molar-refractivity contribution is 5.58. The maximum absolute atomic E-state index is 4.54. The van der Waals surface area contributed by atoms with Gasteiger partial charge in [-0.3, -0.25) is 0 Å². The molecule has 0 saturated heterocycles. The van der Waals surface area contributed by atoms with Crippen LogP contribution >= 0.6 is 0 Å². The van der Waals surface area contributed by atoms with Gasteiger partial charge in [0, 0.05) is 31.0 Å². The van der Waals surface area contributed by atoms with Crippen molar-refractivity contribution in [1.29, 1.82) is 0 Å². The van der Waals surface area contributed by atoms with Gasteiger partial charge < -0.3 is 10.2 Å². The van der Waals surface area contributed by atoms with Gasteiger partial charge in [0.1, 0.15) is 5.82 Å². The monoisotopic (exact) mass is 269 g/mol. The lowest BCUT2D eigenvalue weighted by Gasteiger charge is -2.21. The SMILES string of the molecule is CN(c1ccccc1)c1ccc(CNC(C)(C)C)cn1. The number of para-hydroxylation sites is 1. The second kappa shape index (κ2) is 6.06. The molecular formula is C17H23N3. The van der Waals surface area contributed by atoms with Crippen molar-refractivity contribution in [1.82, 2.24) is 10.3 Å². The fourth-order valence-corrected chi connectivity index (χ4v) is 1.87. The Morgan fingerprint density at radius 1 is 1.05 bits per heavy atom. The van der Waals surface area contributed by atoms with E-state index in [-0.39, 0.29) is 5.54 Å². The lowest BCUT2D eigenvalue weighted by molar-refractivity contribution is 0.424. The van der Waals surface area contributed by atoms with Crippen molar-refractivity contribution in [3.63, 3.8) is 0 Å². The van der Waals surface area contributed by atoms with Gasteiger partial charge in [0.05, 0.1) is 0 Å². The van der Waals surface area contributed by atoms with E-state index in [9.17, 15) is 0 Å². The maximum Gasteiger partial charge on any atom is 0.132 e. The third-order valence-corrected chi connectivity index (χ3v) is 3.12. The molecule has 1 heterocycles. The number of pyridine rings is 1. The Hall–Kier alpha value is -1.87. The average molecular weight is 269 g/mol. The number of nitrogens with one attached hydrogen (secondary N) is 1.